The molecule has 21 heavy (non-hydrogen) atoms. The molecular formula is C16H26BNO3. The Hall–Kier alpha value is -0.905. The number of methoxy groups -OCH3 is 1. The average molecular weight is 291 g/mol. The van der Waals surface area contributed by atoms with Crippen LogP contribution in [0.5, 0.6) is 0 Å². The van der Waals surface area contributed by atoms with Crippen LogP contribution in [0.15, 0.2) is 18.3 Å². The number of pyridine rings is 1. The van der Waals surface area contributed by atoms with Crippen molar-refractivity contribution in [1.29, 1.82) is 0 Å². The third-order valence-corrected chi connectivity index (χ3v) is 4.53. The van der Waals surface area contributed by atoms with E-state index in [4.69, 9.17) is 14.0 Å². The quantitative estimate of drug-likeness (QED) is 0.798. The molecule has 0 aromatic carbocycles. The van der Waals surface area contributed by atoms with Crippen LogP contribution < -0.4 is 5.46 Å². The van der Waals surface area contributed by atoms with Gasteiger partial charge in [-0.2, -0.15) is 0 Å². The SMILES string of the molecule is COC(C)(C)Cc1ccc(B2OC(C)(C)C(C)(C)O2)cn1. The Labute approximate surface area is 128 Å². The first-order valence-corrected chi connectivity index (χ1v) is 7.42. The first-order chi connectivity index (χ1) is 9.56. The van der Waals surface area contributed by atoms with Gasteiger partial charge in [0.15, 0.2) is 0 Å². The molecule has 4 nitrogen and oxygen atoms in total. The van der Waals surface area contributed by atoms with Crippen LogP contribution in [0.25, 0.3) is 0 Å². The molecular weight excluding hydrogens is 265 g/mol. The molecule has 2 rings (SSSR count). The maximum Gasteiger partial charge on any atom is 0.496 e. The highest BCUT2D eigenvalue weighted by Gasteiger charge is 2.51. The summed E-state index contributed by atoms with van der Waals surface area (Å²) in [4.78, 5) is 4.51. The van der Waals surface area contributed by atoms with Crippen molar-refractivity contribution in [2.45, 2.75) is 64.8 Å². The third kappa shape index (κ3) is 3.47. The molecule has 1 aliphatic heterocycles. The van der Waals surface area contributed by atoms with Crippen LogP contribution in [0, 0.1) is 0 Å². The Bertz CT molecular complexity index is 481. The highest BCUT2D eigenvalue weighted by molar-refractivity contribution is 6.62. The fourth-order valence-electron chi connectivity index (χ4n) is 2.17. The van der Waals surface area contributed by atoms with Gasteiger partial charge in [-0.15, -0.1) is 0 Å². The van der Waals surface area contributed by atoms with Gasteiger partial charge in [-0.25, -0.2) is 0 Å². The average Bonchev–Trinajstić information content (AvgIpc) is 2.59. The molecule has 1 fully saturated rings. The molecule has 2 heterocycles. The van der Waals surface area contributed by atoms with Gasteiger partial charge in [-0.05, 0) is 47.6 Å². The number of aromatic nitrogens is 1. The van der Waals surface area contributed by atoms with Crippen molar-refractivity contribution in [3.05, 3.63) is 24.0 Å². The second-order valence-corrected chi connectivity index (χ2v) is 7.31. The largest absolute Gasteiger partial charge is 0.496 e. The molecule has 0 spiro atoms. The number of rotatable bonds is 4. The van der Waals surface area contributed by atoms with Crippen molar-refractivity contribution in [3.8, 4) is 0 Å². The fraction of sp³-hybridized carbons (Fsp3) is 0.688. The summed E-state index contributed by atoms with van der Waals surface area (Å²) < 4.78 is 17.5. The Morgan fingerprint density at radius 3 is 2.14 bits per heavy atom. The van der Waals surface area contributed by atoms with E-state index in [1.165, 1.54) is 0 Å². The van der Waals surface area contributed by atoms with Gasteiger partial charge in [0.05, 0.1) is 16.8 Å². The van der Waals surface area contributed by atoms with Crippen molar-refractivity contribution in [2.75, 3.05) is 7.11 Å². The Kier molecular flexibility index (Phi) is 4.22. The van der Waals surface area contributed by atoms with Gasteiger partial charge in [0.2, 0.25) is 0 Å². The lowest BCUT2D eigenvalue weighted by molar-refractivity contribution is 0.00578. The first kappa shape index (κ1) is 16.5. The van der Waals surface area contributed by atoms with Crippen LogP contribution in [0.3, 0.4) is 0 Å². The highest BCUT2D eigenvalue weighted by atomic mass is 16.7. The molecule has 0 amide bonds. The van der Waals surface area contributed by atoms with Gasteiger partial charge >= 0.3 is 7.12 Å². The Balaban J connectivity index is 2.11. The smallest absolute Gasteiger partial charge is 0.399 e. The maximum absolute atomic E-state index is 6.03. The Morgan fingerprint density at radius 2 is 1.71 bits per heavy atom. The number of ether oxygens (including phenoxy) is 1. The minimum Gasteiger partial charge on any atom is -0.399 e. The highest BCUT2D eigenvalue weighted by Crippen LogP contribution is 2.36. The summed E-state index contributed by atoms with van der Waals surface area (Å²) in [5.74, 6) is 0. The number of hydrogen-bond acceptors (Lipinski definition) is 4. The molecule has 1 aromatic rings. The lowest BCUT2D eigenvalue weighted by atomic mass is 9.80. The van der Waals surface area contributed by atoms with Crippen molar-refractivity contribution >= 4 is 12.6 Å². The summed E-state index contributed by atoms with van der Waals surface area (Å²) in [6.45, 7) is 12.3. The summed E-state index contributed by atoms with van der Waals surface area (Å²) in [7, 11) is 1.37. The molecule has 5 heteroatoms. The van der Waals surface area contributed by atoms with E-state index in [1.807, 2.05) is 18.3 Å². The van der Waals surface area contributed by atoms with Gasteiger partial charge in [0.1, 0.15) is 0 Å². The standard InChI is InChI=1S/C16H26BNO3/c1-14(2,19-7)10-13-9-8-12(11-18-13)17-20-15(3,4)16(5,6)21-17/h8-9,11H,10H2,1-7H3. The maximum atomic E-state index is 6.03. The predicted octanol–water partition coefficient (Wildman–Crippen LogP) is 2.35. The molecule has 0 radical (unpaired) electrons. The summed E-state index contributed by atoms with van der Waals surface area (Å²) in [5, 5.41) is 0. The third-order valence-electron chi connectivity index (χ3n) is 4.53. The zero-order chi connectivity index (χ0) is 15.9. The molecule has 0 bridgehead atoms. The predicted molar refractivity (Wildman–Crippen MR) is 84.7 cm³/mol. The van der Waals surface area contributed by atoms with E-state index in [2.05, 4.69) is 46.5 Å². The molecule has 0 aliphatic carbocycles. The van der Waals surface area contributed by atoms with Crippen LogP contribution in [-0.2, 0) is 20.5 Å². The van der Waals surface area contributed by atoms with Crippen molar-refractivity contribution in [3.63, 3.8) is 0 Å². The number of hydrogen-bond donors (Lipinski definition) is 0. The molecule has 0 N–H and O–H groups in total. The van der Waals surface area contributed by atoms with Crippen LogP contribution >= 0.6 is 0 Å². The molecule has 0 saturated carbocycles. The van der Waals surface area contributed by atoms with E-state index in [0.29, 0.717) is 0 Å². The van der Waals surface area contributed by atoms with Crippen molar-refractivity contribution in [1.82, 2.24) is 4.98 Å². The summed E-state index contributed by atoms with van der Waals surface area (Å²) in [6, 6.07) is 4.04. The van der Waals surface area contributed by atoms with Crippen molar-refractivity contribution in [2.24, 2.45) is 0 Å². The van der Waals surface area contributed by atoms with E-state index in [0.717, 1.165) is 17.6 Å². The molecule has 0 atom stereocenters. The van der Waals surface area contributed by atoms with Crippen LogP contribution in [0.2, 0.25) is 0 Å². The second kappa shape index (κ2) is 5.38. The van der Waals surface area contributed by atoms with E-state index in [1.54, 1.807) is 7.11 Å². The summed E-state index contributed by atoms with van der Waals surface area (Å²) in [5.41, 5.74) is 1.09. The van der Waals surface area contributed by atoms with Crippen molar-refractivity contribution < 1.29 is 14.0 Å². The van der Waals surface area contributed by atoms with E-state index in [9.17, 15) is 0 Å². The molecule has 0 unspecified atom stereocenters. The molecule has 1 aliphatic rings. The monoisotopic (exact) mass is 291 g/mol. The van der Waals surface area contributed by atoms with Gasteiger partial charge in [0, 0.05) is 30.9 Å². The zero-order valence-electron chi connectivity index (χ0n) is 14.2. The summed E-state index contributed by atoms with van der Waals surface area (Å²) in [6.07, 6.45) is 2.61. The molecule has 1 aromatic heterocycles. The van der Waals surface area contributed by atoms with Crippen LogP contribution in [0.1, 0.15) is 47.2 Å². The van der Waals surface area contributed by atoms with Crippen LogP contribution in [-0.4, -0.2) is 36.0 Å². The minimum atomic E-state index is -0.355. The van der Waals surface area contributed by atoms with E-state index >= 15 is 0 Å². The topological polar surface area (TPSA) is 40.6 Å². The Morgan fingerprint density at radius 1 is 1.14 bits per heavy atom. The first-order valence-electron chi connectivity index (χ1n) is 7.42. The molecule has 116 valence electrons. The normalized spacial score (nSPS) is 20.8. The van der Waals surface area contributed by atoms with E-state index < -0.39 is 0 Å². The van der Waals surface area contributed by atoms with E-state index in [-0.39, 0.29) is 23.9 Å². The van der Waals surface area contributed by atoms with Gasteiger partial charge < -0.3 is 14.0 Å². The van der Waals surface area contributed by atoms with Crippen LogP contribution in [0.4, 0.5) is 0 Å². The number of nitrogens with zero attached hydrogens (tertiary/aromatic N) is 1. The lowest BCUT2D eigenvalue weighted by Crippen LogP contribution is -2.41. The molecule has 1 saturated heterocycles. The zero-order valence-corrected chi connectivity index (χ0v) is 14.2. The summed E-state index contributed by atoms with van der Waals surface area (Å²) >= 11 is 0. The van der Waals surface area contributed by atoms with Gasteiger partial charge in [0.25, 0.3) is 0 Å². The second-order valence-electron chi connectivity index (χ2n) is 7.31. The minimum absolute atomic E-state index is 0.209. The lowest BCUT2D eigenvalue weighted by Gasteiger charge is -2.32. The van der Waals surface area contributed by atoms with Gasteiger partial charge in [-0.3, -0.25) is 4.98 Å². The fourth-order valence-corrected chi connectivity index (χ4v) is 2.17. The van der Waals surface area contributed by atoms with Gasteiger partial charge in [-0.1, -0.05) is 6.07 Å².